The second-order valence-electron chi connectivity index (χ2n) is 7.14. The Kier molecular flexibility index (Phi) is 7.54. The van der Waals surface area contributed by atoms with Gasteiger partial charge in [-0.15, -0.1) is 11.3 Å². The molecule has 8 heteroatoms. The number of unbranched alkanes of at least 4 members (excludes halogenated alkanes) is 2. The zero-order valence-corrected chi connectivity index (χ0v) is 18.5. The molecule has 3 rings (SSSR count). The van der Waals surface area contributed by atoms with E-state index in [1.165, 1.54) is 22.2 Å². The summed E-state index contributed by atoms with van der Waals surface area (Å²) >= 11 is 3.02. The van der Waals surface area contributed by atoms with Gasteiger partial charge >= 0.3 is 0 Å². The van der Waals surface area contributed by atoms with Crippen LogP contribution >= 0.6 is 23.1 Å². The SMILES string of the molecule is CCCCCn1c(S[C@@H](C)C(=O)NCCOC)nc2sc3c(c2c1=O)CCC3. The number of nitrogens with one attached hydrogen (secondary N) is 1. The van der Waals surface area contributed by atoms with Gasteiger partial charge in [0, 0.05) is 25.1 Å². The molecule has 1 aliphatic carbocycles. The lowest BCUT2D eigenvalue weighted by Gasteiger charge is -2.16. The molecule has 1 aliphatic rings. The van der Waals surface area contributed by atoms with Gasteiger partial charge in [-0.25, -0.2) is 4.98 Å². The van der Waals surface area contributed by atoms with Crippen molar-refractivity contribution in [3.63, 3.8) is 0 Å². The van der Waals surface area contributed by atoms with E-state index in [2.05, 4.69) is 12.2 Å². The number of carbonyl (C=O) groups is 1. The predicted molar refractivity (Wildman–Crippen MR) is 116 cm³/mol. The summed E-state index contributed by atoms with van der Waals surface area (Å²) in [4.78, 5) is 32.7. The van der Waals surface area contributed by atoms with E-state index in [-0.39, 0.29) is 16.7 Å². The fraction of sp³-hybridized carbons (Fsp3) is 0.650. The van der Waals surface area contributed by atoms with Crippen LogP contribution in [0.5, 0.6) is 0 Å². The van der Waals surface area contributed by atoms with Gasteiger partial charge < -0.3 is 10.1 Å². The highest BCUT2D eigenvalue weighted by atomic mass is 32.2. The number of amides is 1. The van der Waals surface area contributed by atoms with Crippen molar-refractivity contribution in [2.45, 2.75) is 69.3 Å². The molecular formula is C20H29N3O3S2. The second kappa shape index (κ2) is 9.89. The molecule has 1 atom stereocenters. The largest absolute Gasteiger partial charge is 0.383 e. The first-order valence-corrected chi connectivity index (χ1v) is 11.7. The Morgan fingerprint density at radius 3 is 2.96 bits per heavy atom. The number of aryl methyl sites for hydroxylation is 2. The van der Waals surface area contributed by atoms with Crippen molar-refractivity contribution >= 4 is 39.2 Å². The van der Waals surface area contributed by atoms with Crippen LogP contribution in [0.15, 0.2) is 9.95 Å². The average Bonchev–Trinajstić information content (AvgIpc) is 3.25. The highest BCUT2D eigenvalue weighted by Gasteiger charge is 2.25. The van der Waals surface area contributed by atoms with Crippen molar-refractivity contribution in [2.24, 2.45) is 0 Å². The first-order valence-electron chi connectivity index (χ1n) is 10.0. The molecule has 1 amide bonds. The van der Waals surface area contributed by atoms with E-state index in [0.29, 0.717) is 24.9 Å². The third-order valence-corrected chi connectivity index (χ3v) is 7.31. The van der Waals surface area contributed by atoms with E-state index in [1.54, 1.807) is 23.0 Å². The summed E-state index contributed by atoms with van der Waals surface area (Å²) in [5.74, 6) is -0.0646. The van der Waals surface area contributed by atoms with Crippen molar-refractivity contribution in [3.8, 4) is 0 Å². The molecule has 6 nitrogen and oxygen atoms in total. The van der Waals surface area contributed by atoms with Crippen LogP contribution in [0.4, 0.5) is 0 Å². The summed E-state index contributed by atoms with van der Waals surface area (Å²) < 4.78 is 6.78. The number of ether oxygens (including phenoxy) is 1. The second-order valence-corrected chi connectivity index (χ2v) is 9.53. The monoisotopic (exact) mass is 423 g/mol. The minimum Gasteiger partial charge on any atom is -0.383 e. The van der Waals surface area contributed by atoms with Crippen molar-refractivity contribution in [1.29, 1.82) is 0 Å². The van der Waals surface area contributed by atoms with Crippen molar-refractivity contribution in [2.75, 3.05) is 20.3 Å². The molecule has 2 heterocycles. The number of carbonyl (C=O) groups excluding carboxylic acids is 1. The Hall–Kier alpha value is -1.38. The maximum Gasteiger partial charge on any atom is 0.263 e. The molecule has 2 aromatic rings. The van der Waals surface area contributed by atoms with Crippen LogP contribution in [0.1, 0.15) is 50.0 Å². The van der Waals surface area contributed by atoms with Crippen molar-refractivity contribution in [3.05, 3.63) is 20.8 Å². The lowest BCUT2D eigenvalue weighted by Crippen LogP contribution is -2.34. The molecule has 0 aromatic carbocycles. The fourth-order valence-corrected chi connectivity index (χ4v) is 5.76. The van der Waals surface area contributed by atoms with Crippen LogP contribution in [0.25, 0.3) is 10.2 Å². The Balaban J connectivity index is 1.90. The van der Waals surface area contributed by atoms with Gasteiger partial charge in [-0.3, -0.25) is 14.2 Å². The van der Waals surface area contributed by atoms with Gasteiger partial charge in [0.25, 0.3) is 5.56 Å². The van der Waals surface area contributed by atoms with Gasteiger partial charge in [-0.1, -0.05) is 31.5 Å². The van der Waals surface area contributed by atoms with Gasteiger partial charge in [0.2, 0.25) is 5.91 Å². The Labute approximate surface area is 174 Å². The zero-order valence-electron chi connectivity index (χ0n) is 16.9. The molecular weight excluding hydrogens is 394 g/mol. The molecule has 0 saturated heterocycles. The highest BCUT2D eigenvalue weighted by molar-refractivity contribution is 8.00. The third kappa shape index (κ3) is 4.60. The number of nitrogens with zero attached hydrogens (tertiary/aromatic N) is 2. The number of thioether (sulfide) groups is 1. The van der Waals surface area contributed by atoms with Crippen LogP contribution < -0.4 is 10.9 Å². The predicted octanol–water partition coefficient (Wildman–Crippen LogP) is 3.38. The Bertz CT molecular complexity index is 891. The van der Waals surface area contributed by atoms with Crippen LogP contribution in [-0.4, -0.2) is 41.0 Å². The lowest BCUT2D eigenvalue weighted by molar-refractivity contribution is -0.120. The minimum atomic E-state index is -0.328. The van der Waals surface area contributed by atoms with E-state index >= 15 is 0 Å². The molecule has 0 aliphatic heterocycles. The van der Waals surface area contributed by atoms with E-state index in [0.717, 1.165) is 48.7 Å². The quantitative estimate of drug-likeness (QED) is 0.360. The van der Waals surface area contributed by atoms with Crippen LogP contribution in [0.2, 0.25) is 0 Å². The number of hydrogen-bond donors (Lipinski definition) is 1. The summed E-state index contributed by atoms with van der Waals surface area (Å²) in [5, 5.41) is 4.00. The van der Waals surface area contributed by atoms with Gasteiger partial charge in [0.05, 0.1) is 17.2 Å². The minimum absolute atomic E-state index is 0.0646. The average molecular weight is 424 g/mol. The highest BCUT2D eigenvalue weighted by Crippen LogP contribution is 2.36. The van der Waals surface area contributed by atoms with E-state index in [4.69, 9.17) is 9.72 Å². The molecule has 0 unspecified atom stereocenters. The molecule has 0 fully saturated rings. The molecule has 28 heavy (non-hydrogen) atoms. The Morgan fingerprint density at radius 1 is 1.39 bits per heavy atom. The number of rotatable bonds is 10. The van der Waals surface area contributed by atoms with Crippen molar-refractivity contribution < 1.29 is 9.53 Å². The number of thiophene rings is 1. The fourth-order valence-electron chi connectivity index (χ4n) is 3.50. The number of methoxy groups -OCH3 is 1. The van der Waals surface area contributed by atoms with Gasteiger partial charge in [0.15, 0.2) is 5.16 Å². The standard InChI is InChI=1S/C20H29N3O3S2/c1-4-5-6-11-23-19(25)16-14-8-7-9-15(14)28-18(16)22-20(23)27-13(2)17(24)21-10-12-26-3/h13H,4-12H2,1-3H3,(H,21,24)/t13-/m0/s1. The van der Waals surface area contributed by atoms with Crippen molar-refractivity contribution in [1.82, 2.24) is 14.9 Å². The lowest BCUT2D eigenvalue weighted by atomic mass is 10.2. The van der Waals surface area contributed by atoms with E-state index < -0.39 is 0 Å². The maximum absolute atomic E-state index is 13.3. The van der Waals surface area contributed by atoms with E-state index in [1.807, 2.05) is 6.92 Å². The van der Waals surface area contributed by atoms with Crippen LogP contribution in [0.3, 0.4) is 0 Å². The number of aromatic nitrogens is 2. The summed E-state index contributed by atoms with van der Waals surface area (Å²) in [7, 11) is 1.61. The molecule has 0 saturated carbocycles. The van der Waals surface area contributed by atoms with Gasteiger partial charge in [-0.2, -0.15) is 0 Å². The number of fused-ring (bicyclic) bond motifs is 3. The molecule has 1 N–H and O–H groups in total. The summed E-state index contributed by atoms with van der Waals surface area (Å²) in [5.41, 5.74) is 1.28. The molecule has 0 spiro atoms. The topological polar surface area (TPSA) is 73.2 Å². The molecule has 154 valence electrons. The van der Waals surface area contributed by atoms with E-state index in [9.17, 15) is 9.59 Å². The zero-order chi connectivity index (χ0) is 20.1. The summed E-state index contributed by atoms with van der Waals surface area (Å²) in [6.45, 7) is 5.62. The maximum atomic E-state index is 13.3. The number of hydrogen-bond acceptors (Lipinski definition) is 6. The molecule has 0 bridgehead atoms. The third-order valence-electron chi connectivity index (χ3n) is 5.03. The normalized spacial score (nSPS) is 14.4. The molecule has 0 radical (unpaired) electrons. The Morgan fingerprint density at radius 2 is 2.21 bits per heavy atom. The van der Waals surface area contributed by atoms with Crippen LogP contribution in [0, 0.1) is 0 Å². The smallest absolute Gasteiger partial charge is 0.263 e. The summed E-state index contributed by atoms with van der Waals surface area (Å²) in [6.07, 6.45) is 6.26. The van der Waals surface area contributed by atoms with Gasteiger partial charge in [-0.05, 0) is 38.2 Å². The molecule has 2 aromatic heterocycles. The summed E-state index contributed by atoms with van der Waals surface area (Å²) in [6, 6.07) is 0. The van der Waals surface area contributed by atoms with Gasteiger partial charge in [0.1, 0.15) is 4.83 Å². The van der Waals surface area contributed by atoms with Crippen LogP contribution in [-0.2, 0) is 28.9 Å². The first kappa shape index (κ1) is 21.3. The first-order chi connectivity index (χ1) is 13.6.